The summed E-state index contributed by atoms with van der Waals surface area (Å²) in [6.07, 6.45) is -2.44. The molecule has 0 aliphatic carbocycles. The Kier molecular flexibility index (Phi) is 4.36. The molecule has 8 heavy (non-hydrogen) atoms. The molecular formula is C4H7BrF2O. The van der Waals surface area contributed by atoms with Crippen LogP contribution in [0.3, 0.4) is 0 Å². The summed E-state index contributed by atoms with van der Waals surface area (Å²) in [6.45, 7) is 0. The van der Waals surface area contributed by atoms with Crippen LogP contribution in [0.25, 0.3) is 0 Å². The van der Waals surface area contributed by atoms with Gasteiger partial charge in [-0.2, -0.15) is 0 Å². The molecule has 0 aromatic heterocycles. The maximum Gasteiger partial charge on any atom is 0.238 e. The molecule has 0 aromatic rings. The summed E-state index contributed by atoms with van der Waals surface area (Å²) in [4.78, 5) is 0. The Bertz CT molecular complexity index is 50.0. The van der Waals surface area contributed by atoms with Crippen LogP contribution >= 0.6 is 15.9 Å². The van der Waals surface area contributed by atoms with E-state index in [0.717, 1.165) is 0 Å². The average Bonchev–Trinajstić information content (AvgIpc) is 1.61. The minimum atomic E-state index is -2.30. The van der Waals surface area contributed by atoms with Gasteiger partial charge in [-0.3, -0.25) is 0 Å². The summed E-state index contributed by atoms with van der Waals surface area (Å²) in [5, 5.41) is 7.60. The molecule has 0 saturated heterocycles. The Morgan fingerprint density at radius 3 is 2.00 bits per heavy atom. The molecule has 0 aliphatic heterocycles. The fourth-order valence-corrected chi connectivity index (χ4v) is 0.528. The SMILES string of the molecule is OC(Br)CCC(F)F. The summed E-state index contributed by atoms with van der Waals surface area (Å²) in [5.41, 5.74) is 0. The van der Waals surface area contributed by atoms with Crippen molar-refractivity contribution in [1.29, 1.82) is 0 Å². The zero-order valence-electron chi connectivity index (χ0n) is 4.15. The van der Waals surface area contributed by atoms with Gasteiger partial charge in [-0.1, -0.05) is 15.9 Å². The molecule has 0 amide bonds. The molecule has 1 nitrogen and oxygen atoms in total. The van der Waals surface area contributed by atoms with Crippen molar-refractivity contribution >= 4 is 15.9 Å². The zero-order chi connectivity index (χ0) is 6.57. The first-order valence-corrected chi connectivity index (χ1v) is 3.15. The van der Waals surface area contributed by atoms with Crippen LogP contribution in [0.15, 0.2) is 0 Å². The van der Waals surface area contributed by atoms with Gasteiger partial charge in [0.05, 0.1) is 0 Å². The van der Waals surface area contributed by atoms with E-state index >= 15 is 0 Å². The number of rotatable bonds is 3. The van der Waals surface area contributed by atoms with Crippen LogP contribution in [0.5, 0.6) is 0 Å². The predicted octanol–water partition coefficient (Wildman–Crippen LogP) is 1.75. The van der Waals surface area contributed by atoms with Crippen LogP contribution in [-0.4, -0.2) is 16.5 Å². The third-order valence-corrected chi connectivity index (χ3v) is 1.08. The Morgan fingerprint density at radius 1 is 1.38 bits per heavy atom. The molecule has 4 heteroatoms. The van der Waals surface area contributed by atoms with E-state index in [-0.39, 0.29) is 12.8 Å². The lowest BCUT2D eigenvalue weighted by Crippen LogP contribution is -1.98. The van der Waals surface area contributed by atoms with Gasteiger partial charge in [0.2, 0.25) is 6.43 Å². The second kappa shape index (κ2) is 4.21. The summed E-state index contributed by atoms with van der Waals surface area (Å²) < 4.78 is 22.5. The first-order chi connectivity index (χ1) is 3.63. The van der Waals surface area contributed by atoms with Gasteiger partial charge in [-0.05, 0) is 6.42 Å². The molecular weight excluding hydrogens is 182 g/mol. The molecule has 0 aliphatic rings. The highest BCUT2D eigenvalue weighted by molar-refractivity contribution is 9.09. The lowest BCUT2D eigenvalue weighted by Gasteiger charge is -1.98. The van der Waals surface area contributed by atoms with Gasteiger partial charge in [0.25, 0.3) is 0 Å². The van der Waals surface area contributed by atoms with E-state index in [1.807, 2.05) is 0 Å². The van der Waals surface area contributed by atoms with Gasteiger partial charge in [0, 0.05) is 6.42 Å². The molecule has 0 bridgehead atoms. The number of halogens is 3. The molecule has 0 spiro atoms. The van der Waals surface area contributed by atoms with E-state index in [9.17, 15) is 8.78 Å². The second-order valence-corrected chi connectivity index (χ2v) is 2.46. The quantitative estimate of drug-likeness (QED) is 0.670. The second-order valence-electron chi connectivity index (χ2n) is 1.40. The first-order valence-electron chi connectivity index (χ1n) is 2.23. The Labute approximate surface area is 54.8 Å². The minimum Gasteiger partial charge on any atom is -0.382 e. The average molecular weight is 189 g/mol. The highest BCUT2D eigenvalue weighted by atomic mass is 79.9. The lowest BCUT2D eigenvalue weighted by atomic mass is 10.3. The van der Waals surface area contributed by atoms with Crippen molar-refractivity contribution in [2.45, 2.75) is 24.3 Å². The third kappa shape index (κ3) is 6.30. The van der Waals surface area contributed by atoms with Crippen molar-refractivity contribution in [2.24, 2.45) is 0 Å². The zero-order valence-corrected chi connectivity index (χ0v) is 5.74. The van der Waals surface area contributed by atoms with E-state index in [0.29, 0.717) is 0 Å². The number of alkyl halides is 3. The minimum absolute atomic E-state index is 0.109. The van der Waals surface area contributed by atoms with Gasteiger partial charge in [-0.15, -0.1) is 0 Å². The highest BCUT2D eigenvalue weighted by Gasteiger charge is 2.04. The van der Waals surface area contributed by atoms with Crippen molar-refractivity contribution in [3.63, 3.8) is 0 Å². The normalized spacial score (nSPS) is 14.6. The fraction of sp³-hybridized carbons (Fsp3) is 1.00. The van der Waals surface area contributed by atoms with Gasteiger partial charge in [0.15, 0.2) is 0 Å². The van der Waals surface area contributed by atoms with Gasteiger partial charge in [-0.25, -0.2) is 8.78 Å². The van der Waals surface area contributed by atoms with E-state index < -0.39 is 11.4 Å². The molecule has 1 N–H and O–H groups in total. The maximum atomic E-state index is 11.3. The van der Waals surface area contributed by atoms with Crippen molar-refractivity contribution in [3.05, 3.63) is 0 Å². The highest BCUT2D eigenvalue weighted by Crippen LogP contribution is 2.09. The smallest absolute Gasteiger partial charge is 0.238 e. The molecule has 0 saturated carbocycles. The van der Waals surface area contributed by atoms with Crippen molar-refractivity contribution in [3.8, 4) is 0 Å². The molecule has 0 aromatic carbocycles. The van der Waals surface area contributed by atoms with Crippen LogP contribution in [0.4, 0.5) is 8.78 Å². The summed E-state index contributed by atoms with van der Waals surface area (Å²) in [7, 11) is 0. The lowest BCUT2D eigenvalue weighted by molar-refractivity contribution is 0.120. The Morgan fingerprint density at radius 2 is 1.88 bits per heavy atom. The number of aliphatic hydroxyl groups excluding tert-OH is 1. The molecule has 0 heterocycles. The molecule has 1 unspecified atom stereocenters. The number of hydrogen-bond donors (Lipinski definition) is 1. The molecule has 0 radical (unpaired) electrons. The Hall–Kier alpha value is 0.300. The van der Waals surface area contributed by atoms with Gasteiger partial charge >= 0.3 is 0 Å². The largest absolute Gasteiger partial charge is 0.382 e. The van der Waals surface area contributed by atoms with Crippen molar-refractivity contribution in [1.82, 2.24) is 0 Å². The van der Waals surface area contributed by atoms with Crippen LogP contribution in [0, 0.1) is 0 Å². The van der Waals surface area contributed by atoms with Crippen LogP contribution in [0.2, 0.25) is 0 Å². The topological polar surface area (TPSA) is 20.2 Å². The van der Waals surface area contributed by atoms with Crippen molar-refractivity contribution < 1.29 is 13.9 Å². The molecule has 1 atom stereocenters. The van der Waals surface area contributed by atoms with E-state index in [4.69, 9.17) is 5.11 Å². The van der Waals surface area contributed by atoms with Crippen LogP contribution in [0.1, 0.15) is 12.8 Å². The Balaban J connectivity index is 2.93. The van der Waals surface area contributed by atoms with Gasteiger partial charge in [0.1, 0.15) is 5.01 Å². The first kappa shape index (κ1) is 8.30. The summed E-state index contributed by atoms with van der Waals surface area (Å²) >= 11 is 2.73. The number of aliphatic hydroxyl groups is 1. The van der Waals surface area contributed by atoms with Crippen molar-refractivity contribution in [2.75, 3.05) is 0 Å². The number of hydrogen-bond acceptors (Lipinski definition) is 1. The monoisotopic (exact) mass is 188 g/mol. The third-order valence-electron chi connectivity index (χ3n) is 0.623. The van der Waals surface area contributed by atoms with Crippen LogP contribution < -0.4 is 0 Å². The maximum absolute atomic E-state index is 11.3. The summed E-state index contributed by atoms with van der Waals surface area (Å²) in [6, 6.07) is 0. The standard InChI is InChI=1S/C4H7BrF2O/c5-3(8)1-2-4(6)7/h3-4,8H,1-2H2. The molecule has 0 fully saturated rings. The summed E-state index contributed by atoms with van der Waals surface area (Å²) in [5.74, 6) is 0. The van der Waals surface area contributed by atoms with E-state index in [1.54, 1.807) is 0 Å². The van der Waals surface area contributed by atoms with E-state index in [1.165, 1.54) is 0 Å². The van der Waals surface area contributed by atoms with E-state index in [2.05, 4.69) is 15.9 Å². The van der Waals surface area contributed by atoms with Gasteiger partial charge < -0.3 is 5.11 Å². The molecule has 0 rings (SSSR count). The molecule has 50 valence electrons. The fourth-order valence-electron chi connectivity index (χ4n) is 0.264. The predicted molar refractivity (Wildman–Crippen MR) is 30.2 cm³/mol. The van der Waals surface area contributed by atoms with Crippen LogP contribution in [-0.2, 0) is 0 Å².